The molecule has 0 amide bonds. The molecule has 0 aliphatic rings. The van der Waals surface area contributed by atoms with Crippen molar-refractivity contribution in [3.8, 4) is 0 Å². The van der Waals surface area contributed by atoms with E-state index in [1.807, 2.05) is 13.2 Å². The van der Waals surface area contributed by atoms with Gasteiger partial charge in [-0.2, -0.15) is 11.8 Å². The number of anilines is 2. The maximum atomic E-state index is 12.5. The molecule has 2 aromatic rings. The summed E-state index contributed by atoms with van der Waals surface area (Å²) in [5.74, 6) is 0.771. The van der Waals surface area contributed by atoms with Crippen molar-refractivity contribution in [3.63, 3.8) is 0 Å². The predicted molar refractivity (Wildman–Crippen MR) is 102 cm³/mol. The molecule has 9 heteroatoms. The van der Waals surface area contributed by atoms with Crippen LogP contribution in [0.5, 0.6) is 0 Å². The molecule has 0 aromatic heterocycles. The fraction of sp³-hybridized carbons (Fsp3) is 0.250. The van der Waals surface area contributed by atoms with Gasteiger partial charge in [0.25, 0.3) is 15.7 Å². The van der Waals surface area contributed by atoms with Crippen molar-refractivity contribution in [2.45, 2.75) is 17.9 Å². The van der Waals surface area contributed by atoms with Crippen LogP contribution in [-0.4, -0.2) is 31.4 Å². The van der Waals surface area contributed by atoms with Gasteiger partial charge in [-0.3, -0.25) is 14.8 Å². The number of nitrogens with one attached hydrogen (secondary N) is 2. The zero-order chi connectivity index (χ0) is 18.4. The first-order chi connectivity index (χ1) is 11.8. The van der Waals surface area contributed by atoms with E-state index in [9.17, 15) is 18.5 Å². The Bertz CT molecular complexity index is 842. The molecule has 0 radical (unpaired) electrons. The third kappa shape index (κ3) is 5.10. The average molecular weight is 381 g/mol. The van der Waals surface area contributed by atoms with Gasteiger partial charge < -0.3 is 5.32 Å². The Kier molecular flexibility index (Phi) is 6.27. The van der Waals surface area contributed by atoms with Crippen LogP contribution in [0.2, 0.25) is 0 Å². The fourth-order valence-corrected chi connectivity index (χ4v) is 3.89. The number of hydrogen-bond donors (Lipinski definition) is 2. The highest BCUT2D eigenvalue weighted by Crippen LogP contribution is 2.29. The van der Waals surface area contributed by atoms with Crippen molar-refractivity contribution in [1.82, 2.24) is 0 Å². The normalized spacial score (nSPS) is 12.4. The molecule has 7 nitrogen and oxygen atoms in total. The molecule has 0 heterocycles. The molecule has 0 aliphatic carbocycles. The number of sulfonamides is 1. The molecule has 1 atom stereocenters. The highest BCUT2D eigenvalue weighted by Gasteiger charge is 2.22. The Morgan fingerprint density at radius 2 is 1.88 bits per heavy atom. The van der Waals surface area contributed by atoms with E-state index in [1.54, 1.807) is 42.1 Å². The Morgan fingerprint density at radius 1 is 1.20 bits per heavy atom. The molecule has 0 aliphatic heterocycles. The summed E-state index contributed by atoms with van der Waals surface area (Å²) in [5, 5.41) is 14.4. The predicted octanol–water partition coefficient (Wildman–Crippen LogP) is 3.56. The quantitative estimate of drug-likeness (QED) is 0.535. The van der Waals surface area contributed by atoms with Crippen LogP contribution in [0, 0.1) is 10.1 Å². The van der Waals surface area contributed by atoms with E-state index < -0.39 is 14.9 Å². The van der Waals surface area contributed by atoms with Crippen LogP contribution in [0.15, 0.2) is 53.4 Å². The van der Waals surface area contributed by atoms with Gasteiger partial charge in [-0.05, 0) is 37.4 Å². The topological polar surface area (TPSA) is 101 Å². The Labute approximate surface area is 151 Å². The number of nitro groups is 1. The molecule has 134 valence electrons. The van der Waals surface area contributed by atoms with Crippen LogP contribution < -0.4 is 10.0 Å². The van der Waals surface area contributed by atoms with Gasteiger partial charge in [-0.15, -0.1) is 0 Å². The lowest BCUT2D eigenvalue weighted by Crippen LogP contribution is -2.19. The van der Waals surface area contributed by atoms with Crippen molar-refractivity contribution < 1.29 is 13.3 Å². The second-order valence-corrected chi connectivity index (χ2v) is 8.00. The van der Waals surface area contributed by atoms with Gasteiger partial charge in [0, 0.05) is 23.5 Å². The third-order valence-corrected chi connectivity index (χ3v) is 5.53. The average Bonchev–Trinajstić information content (AvgIpc) is 2.55. The van der Waals surface area contributed by atoms with Crippen molar-refractivity contribution >= 4 is 38.8 Å². The summed E-state index contributed by atoms with van der Waals surface area (Å²) in [5.41, 5.74) is 0.412. The summed E-state index contributed by atoms with van der Waals surface area (Å²) in [4.78, 5) is 10.6. The van der Waals surface area contributed by atoms with Gasteiger partial charge in [0.2, 0.25) is 0 Å². The maximum Gasteiger partial charge on any atom is 0.293 e. The molecule has 0 spiro atoms. The summed E-state index contributed by atoms with van der Waals surface area (Å²) in [6.45, 7) is 1.90. The summed E-state index contributed by atoms with van der Waals surface area (Å²) in [6, 6.07) is 12.2. The van der Waals surface area contributed by atoms with E-state index in [0.717, 1.165) is 11.8 Å². The highest BCUT2D eigenvalue weighted by molar-refractivity contribution is 7.98. The number of thioether (sulfide) groups is 1. The van der Waals surface area contributed by atoms with E-state index in [0.29, 0.717) is 11.4 Å². The van der Waals surface area contributed by atoms with Crippen LogP contribution in [-0.2, 0) is 10.0 Å². The molecule has 0 bridgehead atoms. The van der Waals surface area contributed by atoms with Crippen molar-refractivity contribution in [2.24, 2.45) is 0 Å². The lowest BCUT2D eigenvalue weighted by atomic mass is 10.2. The Hall–Kier alpha value is -2.26. The van der Waals surface area contributed by atoms with Gasteiger partial charge in [-0.1, -0.05) is 18.2 Å². The third-order valence-electron chi connectivity index (χ3n) is 3.32. The van der Waals surface area contributed by atoms with E-state index in [4.69, 9.17) is 0 Å². The monoisotopic (exact) mass is 381 g/mol. The van der Waals surface area contributed by atoms with Crippen molar-refractivity contribution in [2.75, 3.05) is 22.0 Å². The van der Waals surface area contributed by atoms with Gasteiger partial charge in [0.1, 0.15) is 5.69 Å². The number of para-hydroxylation sites is 1. The maximum absolute atomic E-state index is 12.5. The number of hydrogen-bond acceptors (Lipinski definition) is 6. The molecule has 0 saturated heterocycles. The second kappa shape index (κ2) is 8.21. The first-order valence-electron chi connectivity index (χ1n) is 7.45. The SMILES string of the molecule is CSCC(C)Nc1ccc(S(=O)(=O)Nc2ccccc2)cc1[N+](=O)[O-]. The minimum absolute atomic E-state index is 0.0126. The molecular weight excluding hydrogens is 362 g/mol. The molecule has 2 N–H and O–H groups in total. The van der Waals surface area contributed by atoms with Gasteiger partial charge in [0.05, 0.1) is 9.82 Å². The van der Waals surface area contributed by atoms with E-state index in [1.165, 1.54) is 12.1 Å². The molecular formula is C16H19N3O4S2. The number of rotatable bonds is 8. The highest BCUT2D eigenvalue weighted by atomic mass is 32.2. The summed E-state index contributed by atoms with van der Waals surface area (Å²) >= 11 is 1.61. The minimum atomic E-state index is -3.91. The smallest absolute Gasteiger partial charge is 0.293 e. The van der Waals surface area contributed by atoms with E-state index in [-0.39, 0.29) is 16.6 Å². The van der Waals surface area contributed by atoms with Crippen LogP contribution in [0.3, 0.4) is 0 Å². The van der Waals surface area contributed by atoms with Crippen LogP contribution in [0.25, 0.3) is 0 Å². The lowest BCUT2D eigenvalue weighted by Gasteiger charge is -2.15. The number of benzene rings is 2. The summed E-state index contributed by atoms with van der Waals surface area (Å²) in [6.07, 6.45) is 1.94. The van der Waals surface area contributed by atoms with E-state index in [2.05, 4.69) is 10.0 Å². The van der Waals surface area contributed by atoms with Crippen LogP contribution in [0.4, 0.5) is 17.1 Å². The minimum Gasteiger partial charge on any atom is -0.376 e. The van der Waals surface area contributed by atoms with Gasteiger partial charge in [0.15, 0.2) is 0 Å². The zero-order valence-electron chi connectivity index (χ0n) is 13.8. The summed E-state index contributed by atoms with van der Waals surface area (Å²) < 4.78 is 27.3. The largest absolute Gasteiger partial charge is 0.376 e. The van der Waals surface area contributed by atoms with Crippen molar-refractivity contribution in [3.05, 3.63) is 58.6 Å². The number of nitrogens with zero attached hydrogens (tertiary/aromatic N) is 1. The molecule has 0 fully saturated rings. The zero-order valence-corrected chi connectivity index (χ0v) is 15.4. The second-order valence-electron chi connectivity index (χ2n) is 5.41. The first-order valence-corrected chi connectivity index (χ1v) is 10.3. The molecule has 2 aromatic carbocycles. The first kappa shape index (κ1) is 19.1. The molecule has 1 unspecified atom stereocenters. The van der Waals surface area contributed by atoms with Gasteiger partial charge in [-0.25, -0.2) is 8.42 Å². The van der Waals surface area contributed by atoms with Crippen molar-refractivity contribution in [1.29, 1.82) is 0 Å². The van der Waals surface area contributed by atoms with Gasteiger partial charge >= 0.3 is 0 Å². The molecule has 25 heavy (non-hydrogen) atoms. The lowest BCUT2D eigenvalue weighted by molar-refractivity contribution is -0.384. The Morgan fingerprint density at radius 3 is 2.48 bits per heavy atom. The van der Waals surface area contributed by atoms with E-state index >= 15 is 0 Å². The fourth-order valence-electron chi connectivity index (χ4n) is 2.23. The standard InChI is InChI=1S/C16H19N3O4S2/c1-12(11-24-2)17-15-9-8-14(10-16(15)19(20)21)25(22,23)18-13-6-4-3-5-7-13/h3-10,12,17-18H,11H2,1-2H3. The van der Waals surface area contributed by atoms with Crippen LogP contribution in [0.1, 0.15) is 6.92 Å². The summed E-state index contributed by atoms with van der Waals surface area (Å²) in [7, 11) is -3.91. The Balaban J connectivity index is 2.33. The van der Waals surface area contributed by atoms with Crippen LogP contribution >= 0.6 is 11.8 Å². The number of nitro benzene ring substituents is 1. The molecule has 0 saturated carbocycles. The molecule has 2 rings (SSSR count).